The highest BCUT2D eigenvalue weighted by atomic mass is 16.6. The molecule has 1 saturated heterocycles. The van der Waals surface area contributed by atoms with E-state index in [-0.39, 0.29) is 12.5 Å². The molecule has 36 heavy (non-hydrogen) atoms. The smallest absolute Gasteiger partial charge is 0.246 e. The molecular weight excluding hydrogens is 454 g/mol. The lowest BCUT2D eigenvalue weighted by Crippen LogP contribution is -2.29. The van der Waals surface area contributed by atoms with Crippen molar-refractivity contribution < 1.29 is 9.42 Å². The van der Waals surface area contributed by atoms with Crippen molar-refractivity contribution in [2.24, 2.45) is 0 Å². The van der Waals surface area contributed by atoms with Gasteiger partial charge in [-0.25, -0.2) is 14.3 Å². The van der Waals surface area contributed by atoms with Gasteiger partial charge in [0.05, 0.1) is 17.1 Å². The molecule has 0 bridgehead atoms. The van der Waals surface area contributed by atoms with Gasteiger partial charge >= 0.3 is 0 Å². The summed E-state index contributed by atoms with van der Waals surface area (Å²) in [5, 5.41) is 16.8. The standard InChI is InChI=1S/C27H27N7O2/c1-17-6-8-19(9-7-17)20-12-13-28-27-24(20)18(2)30-34(27)16-23(35)29-21-10-11-22(26-25(21)31-36-32-26)33-14-4-3-5-15-33/h6-13H,3-5,14-16H2,1-2H3,(H,29,35). The molecule has 0 radical (unpaired) electrons. The van der Waals surface area contributed by atoms with Crippen LogP contribution in [0.4, 0.5) is 11.4 Å². The van der Waals surface area contributed by atoms with Crippen molar-refractivity contribution in [3.63, 3.8) is 0 Å². The van der Waals surface area contributed by atoms with Gasteiger partial charge in [0.25, 0.3) is 0 Å². The van der Waals surface area contributed by atoms with Crippen LogP contribution < -0.4 is 10.2 Å². The monoisotopic (exact) mass is 481 g/mol. The van der Waals surface area contributed by atoms with Gasteiger partial charge in [0.15, 0.2) is 16.7 Å². The van der Waals surface area contributed by atoms with E-state index in [4.69, 9.17) is 4.63 Å². The van der Waals surface area contributed by atoms with Crippen molar-refractivity contribution in [2.75, 3.05) is 23.3 Å². The van der Waals surface area contributed by atoms with E-state index in [1.54, 1.807) is 10.9 Å². The number of rotatable bonds is 5. The number of aromatic nitrogens is 5. The molecule has 1 aliphatic rings. The Morgan fingerprint density at radius 3 is 2.56 bits per heavy atom. The van der Waals surface area contributed by atoms with Crippen molar-refractivity contribution in [1.29, 1.82) is 0 Å². The van der Waals surface area contributed by atoms with Gasteiger partial charge in [0.2, 0.25) is 5.91 Å². The first-order valence-electron chi connectivity index (χ1n) is 12.3. The first kappa shape index (κ1) is 22.2. The van der Waals surface area contributed by atoms with Crippen LogP contribution >= 0.6 is 0 Å². The summed E-state index contributed by atoms with van der Waals surface area (Å²) < 4.78 is 6.71. The molecule has 0 atom stereocenters. The summed E-state index contributed by atoms with van der Waals surface area (Å²) in [4.78, 5) is 19.9. The highest BCUT2D eigenvalue weighted by Crippen LogP contribution is 2.32. The molecule has 0 saturated carbocycles. The molecular formula is C27H27N7O2. The Hall–Kier alpha value is -4.27. The number of nitrogens with zero attached hydrogens (tertiary/aromatic N) is 6. The topological polar surface area (TPSA) is 102 Å². The molecule has 4 heterocycles. The summed E-state index contributed by atoms with van der Waals surface area (Å²) in [6, 6.07) is 14.2. The van der Waals surface area contributed by atoms with Crippen LogP contribution in [0.15, 0.2) is 53.3 Å². The number of piperidine rings is 1. The number of benzene rings is 2. The summed E-state index contributed by atoms with van der Waals surface area (Å²) in [5.41, 5.74) is 7.62. The van der Waals surface area contributed by atoms with E-state index >= 15 is 0 Å². The quantitative estimate of drug-likeness (QED) is 0.382. The minimum Gasteiger partial charge on any atom is -0.370 e. The highest BCUT2D eigenvalue weighted by Gasteiger charge is 2.21. The molecule has 0 aliphatic carbocycles. The average Bonchev–Trinajstić information content (AvgIpc) is 3.51. The zero-order chi connectivity index (χ0) is 24.6. The van der Waals surface area contributed by atoms with Crippen molar-refractivity contribution in [3.05, 3.63) is 59.9 Å². The number of pyridine rings is 1. The molecule has 1 fully saturated rings. The van der Waals surface area contributed by atoms with E-state index in [9.17, 15) is 4.79 Å². The lowest BCUT2D eigenvalue weighted by molar-refractivity contribution is -0.116. The van der Waals surface area contributed by atoms with Crippen LogP contribution in [0, 0.1) is 13.8 Å². The van der Waals surface area contributed by atoms with E-state index in [0.29, 0.717) is 22.4 Å². The van der Waals surface area contributed by atoms with Crippen LogP contribution in [0.2, 0.25) is 0 Å². The molecule has 1 N–H and O–H groups in total. The van der Waals surface area contributed by atoms with Gasteiger partial charge < -0.3 is 10.2 Å². The SMILES string of the molecule is Cc1ccc(-c2ccnc3c2c(C)nn3CC(=O)Nc2ccc(N3CCCCC3)c3nonc23)cc1. The first-order chi connectivity index (χ1) is 17.6. The Kier molecular flexibility index (Phi) is 5.59. The zero-order valence-corrected chi connectivity index (χ0v) is 20.4. The summed E-state index contributed by atoms with van der Waals surface area (Å²) in [6.45, 7) is 6.00. The van der Waals surface area contributed by atoms with Crippen LogP contribution in [0.1, 0.15) is 30.5 Å². The first-order valence-corrected chi connectivity index (χ1v) is 12.3. The highest BCUT2D eigenvalue weighted by molar-refractivity contribution is 6.03. The Bertz CT molecular complexity index is 1560. The normalized spacial score (nSPS) is 14.0. The van der Waals surface area contributed by atoms with Gasteiger partial charge in [-0.2, -0.15) is 5.10 Å². The molecule has 182 valence electrons. The van der Waals surface area contributed by atoms with E-state index in [2.05, 4.69) is 61.8 Å². The van der Waals surface area contributed by atoms with Crippen molar-refractivity contribution in [3.8, 4) is 11.1 Å². The number of fused-ring (bicyclic) bond motifs is 2. The number of hydrogen-bond acceptors (Lipinski definition) is 7. The molecule has 2 aromatic carbocycles. The van der Waals surface area contributed by atoms with Crippen LogP contribution in [-0.4, -0.2) is 44.1 Å². The van der Waals surface area contributed by atoms with Crippen LogP contribution in [0.3, 0.4) is 0 Å². The third kappa shape index (κ3) is 3.96. The van der Waals surface area contributed by atoms with E-state index in [1.165, 1.54) is 12.0 Å². The Balaban J connectivity index is 1.27. The Morgan fingerprint density at radius 1 is 0.972 bits per heavy atom. The number of carbonyl (C=O) groups excluding carboxylic acids is 1. The van der Waals surface area contributed by atoms with E-state index < -0.39 is 0 Å². The number of anilines is 2. The minimum atomic E-state index is -0.225. The molecule has 1 aliphatic heterocycles. The van der Waals surface area contributed by atoms with Crippen molar-refractivity contribution in [2.45, 2.75) is 39.7 Å². The van der Waals surface area contributed by atoms with Crippen LogP contribution in [-0.2, 0) is 11.3 Å². The van der Waals surface area contributed by atoms with Crippen LogP contribution in [0.25, 0.3) is 33.2 Å². The van der Waals surface area contributed by atoms with Crippen molar-refractivity contribution in [1.82, 2.24) is 25.1 Å². The second kappa shape index (κ2) is 9.07. The lowest BCUT2D eigenvalue weighted by Gasteiger charge is -2.28. The predicted molar refractivity (Wildman–Crippen MR) is 139 cm³/mol. The summed E-state index contributed by atoms with van der Waals surface area (Å²) in [5.74, 6) is -0.225. The molecule has 3 aromatic heterocycles. The molecule has 1 amide bonds. The van der Waals surface area contributed by atoms with E-state index in [1.807, 2.05) is 25.1 Å². The fraction of sp³-hybridized carbons (Fsp3) is 0.296. The summed E-state index contributed by atoms with van der Waals surface area (Å²) in [7, 11) is 0. The second-order valence-electron chi connectivity index (χ2n) is 9.36. The number of carbonyl (C=O) groups is 1. The third-order valence-electron chi connectivity index (χ3n) is 6.83. The molecule has 9 heteroatoms. The van der Waals surface area contributed by atoms with E-state index in [0.717, 1.165) is 53.8 Å². The van der Waals surface area contributed by atoms with Gasteiger partial charge in [-0.05, 0) is 72.7 Å². The second-order valence-corrected chi connectivity index (χ2v) is 9.36. The average molecular weight is 482 g/mol. The zero-order valence-electron chi connectivity index (χ0n) is 20.4. The number of amides is 1. The summed E-state index contributed by atoms with van der Waals surface area (Å²) in [6.07, 6.45) is 5.31. The Labute approximate surface area is 208 Å². The van der Waals surface area contributed by atoms with Gasteiger partial charge in [-0.15, -0.1) is 0 Å². The molecule has 9 nitrogen and oxygen atoms in total. The number of aryl methyl sites for hydroxylation is 2. The molecule has 0 unspecified atom stereocenters. The minimum absolute atomic E-state index is 0.0232. The third-order valence-corrected chi connectivity index (χ3v) is 6.83. The largest absolute Gasteiger partial charge is 0.370 e. The van der Waals surface area contributed by atoms with Gasteiger partial charge in [-0.1, -0.05) is 29.8 Å². The molecule has 5 aromatic rings. The van der Waals surface area contributed by atoms with Crippen LogP contribution in [0.5, 0.6) is 0 Å². The maximum absolute atomic E-state index is 13.1. The molecule has 0 spiro atoms. The Morgan fingerprint density at radius 2 is 1.75 bits per heavy atom. The fourth-order valence-electron chi connectivity index (χ4n) is 5.04. The maximum Gasteiger partial charge on any atom is 0.246 e. The lowest BCUT2D eigenvalue weighted by atomic mass is 10.0. The summed E-state index contributed by atoms with van der Waals surface area (Å²) >= 11 is 0. The van der Waals surface area contributed by atoms with Crippen molar-refractivity contribution >= 4 is 39.3 Å². The van der Waals surface area contributed by atoms with Gasteiger partial charge in [0, 0.05) is 24.7 Å². The predicted octanol–water partition coefficient (Wildman–Crippen LogP) is 4.88. The number of nitrogens with one attached hydrogen (secondary N) is 1. The van der Waals surface area contributed by atoms with Gasteiger partial charge in [-0.3, -0.25) is 4.79 Å². The maximum atomic E-state index is 13.1. The molecule has 6 rings (SSSR count). The number of hydrogen-bond donors (Lipinski definition) is 1. The van der Waals surface area contributed by atoms with Gasteiger partial charge in [0.1, 0.15) is 6.54 Å². The fourth-order valence-corrected chi connectivity index (χ4v) is 5.04.